The van der Waals surface area contributed by atoms with Crippen LogP contribution in [0.1, 0.15) is 37.0 Å². The van der Waals surface area contributed by atoms with Crippen molar-refractivity contribution in [2.75, 3.05) is 0 Å². The molecule has 3 aromatic rings. The normalized spacial score (nSPS) is 13.4. The zero-order valence-electron chi connectivity index (χ0n) is 15.5. The average molecular weight is 422 g/mol. The van der Waals surface area contributed by atoms with Gasteiger partial charge < -0.3 is 4.57 Å². The van der Waals surface area contributed by atoms with Gasteiger partial charge in [-0.3, -0.25) is 0 Å². The molecule has 6 nitrogen and oxygen atoms in total. The third-order valence-corrected chi connectivity index (χ3v) is 5.86. The molecule has 0 bridgehead atoms. The molecule has 0 aliphatic heterocycles. The van der Waals surface area contributed by atoms with E-state index >= 15 is 0 Å². The number of pyridine rings is 1. The lowest BCUT2D eigenvalue weighted by Crippen LogP contribution is -2.29. The molecule has 0 radical (unpaired) electrons. The van der Waals surface area contributed by atoms with E-state index in [0.29, 0.717) is 23.6 Å². The maximum atomic E-state index is 13.0. The Labute approximate surface area is 165 Å². The van der Waals surface area contributed by atoms with Gasteiger partial charge in [0, 0.05) is 12.7 Å². The predicted octanol–water partition coefficient (Wildman–Crippen LogP) is 3.49. The molecule has 1 aromatic carbocycles. The van der Waals surface area contributed by atoms with Gasteiger partial charge in [-0.25, -0.2) is 23.1 Å². The van der Waals surface area contributed by atoms with Crippen LogP contribution in [0.5, 0.6) is 0 Å². The Morgan fingerprint density at radius 3 is 2.55 bits per heavy atom. The maximum absolute atomic E-state index is 13.0. The lowest BCUT2D eigenvalue weighted by molar-refractivity contribution is -0.137. The molecule has 29 heavy (non-hydrogen) atoms. The molecule has 0 spiro atoms. The third-order valence-electron chi connectivity index (χ3n) is 4.34. The highest BCUT2D eigenvalue weighted by Gasteiger charge is 2.31. The molecular formula is C19H17F3N4O2S. The summed E-state index contributed by atoms with van der Waals surface area (Å²) >= 11 is 0. The van der Waals surface area contributed by atoms with E-state index in [2.05, 4.69) is 20.6 Å². The minimum Gasteiger partial charge on any atom is -0.327 e. The fourth-order valence-electron chi connectivity index (χ4n) is 2.96. The Morgan fingerprint density at radius 1 is 1.28 bits per heavy atom. The largest absolute Gasteiger partial charge is 0.416 e. The summed E-state index contributed by atoms with van der Waals surface area (Å²) in [5.41, 5.74) is 0.133. The van der Waals surface area contributed by atoms with E-state index in [1.165, 1.54) is 18.2 Å². The Kier molecular flexibility index (Phi) is 5.38. The van der Waals surface area contributed by atoms with Crippen LogP contribution in [0.2, 0.25) is 0 Å². The second-order valence-electron chi connectivity index (χ2n) is 6.28. The highest BCUT2D eigenvalue weighted by atomic mass is 32.2. The summed E-state index contributed by atoms with van der Waals surface area (Å²) in [6.07, 6.45) is 1.87. The standard InChI is InChI=1S/C19H17F3N4O2S/c1-4-14-7-8-15(11-23-14)29(27,28)25-12(3)18-24-16-9-6-13(19(20,21)22)10-17(16)26(18)5-2/h1,6-12,25H,5H2,2-3H3. The lowest BCUT2D eigenvalue weighted by Gasteiger charge is -2.15. The molecule has 1 atom stereocenters. The van der Waals surface area contributed by atoms with Gasteiger partial charge in [-0.2, -0.15) is 13.2 Å². The number of hydrogen-bond donors (Lipinski definition) is 1. The number of benzene rings is 1. The van der Waals surface area contributed by atoms with Crippen LogP contribution < -0.4 is 4.72 Å². The highest BCUT2D eigenvalue weighted by Crippen LogP contribution is 2.32. The maximum Gasteiger partial charge on any atom is 0.416 e. The summed E-state index contributed by atoms with van der Waals surface area (Å²) in [7, 11) is -3.94. The van der Waals surface area contributed by atoms with E-state index in [1.807, 2.05) is 0 Å². The molecule has 0 fully saturated rings. The summed E-state index contributed by atoms with van der Waals surface area (Å²) in [6, 6.07) is 5.17. The van der Waals surface area contributed by atoms with Crippen molar-refractivity contribution >= 4 is 21.1 Å². The summed E-state index contributed by atoms with van der Waals surface area (Å²) < 4.78 is 68.4. The second kappa shape index (κ2) is 7.50. The van der Waals surface area contributed by atoms with E-state index in [9.17, 15) is 21.6 Å². The predicted molar refractivity (Wildman–Crippen MR) is 101 cm³/mol. The van der Waals surface area contributed by atoms with E-state index in [4.69, 9.17) is 6.42 Å². The van der Waals surface area contributed by atoms with Crippen molar-refractivity contribution in [2.45, 2.75) is 37.5 Å². The summed E-state index contributed by atoms with van der Waals surface area (Å²) in [5, 5.41) is 0. The first-order valence-electron chi connectivity index (χ1n) is 8.59. The van der Waals surface area contributed by atoms with Crippen molar-refractivity contribution in [3.8, 4) is 12.3 Å². The topological polar surface area (TPSA) is 76.9 Å². The van der Waals surface area contributed by atoms with Gasteiger partial charge in [-0.1, -0.05) is 5.92 Å². The number of aryl methyl sites for hydroxylation is 1. The quantitative estimate of drug-likeness (QED) is 0.639. The van der Waals surface area contributed by atoms with E-state index < -0.39 is 27.8 Å². The number of hydrogen-bond acceptors (Lipinski definition) is 4. The van der Waals surface area contributed by atoms with E-state index in [1.54, 1.807) is 18.4 Å². The number of sulfonamides is 1. The number of rotatable bonds is 5. The van der Waals surface area contributed by atoms with Crippen molar-refractivity contribution in [1.29, 1.82) is 0 Å². The number of alkyl halides is 3. The molecule has 0 saturated heterocycles. The zero-order chi connectivity index (χ0) is 21.4. The Balaban J connectivity index is 1.97. The van der Waals surface area contributed by atoms with Crippen molar-refractivity contribution in [1.82, 2.24) is 19.3 Å². The van der Waals surface area contributed by atoms with Gasteiger partial charge in [0.05, 0.1) is 22.6 Å². The first-order valence-corrected chi connectivity index (χ1v) is 10.1. The molecule has 10 heteroatoms. The number of imidazole rings is 1. The zero-order valence-corrected chi connectivity index (χ0v) is 16.3. The third kappa shape index (κ3) is 4.11. The number of fused-ring (bicyclic) bond motifs is 1. The Morgan fingerprint density at radius 2 is 2.00 bits per heavy atom. The fraction of sp³-hybridized carbons (Fsp3) is 0.263. The molecule has 2 aromatic heterocycles. The molecule has 152 valence electrons. The van der Waals surface area contributed by atoms with Crippen molar-refractivity contribution in [2.24, 2.45) is 0 Å². The summed E-state index contributed by atoms with van der Waals surface area (Å²) in [4.78, 5) is 8.12. The number of nitrogens with one attached hydrogen (secondary N) is 1. The fourth-order valence-corrected chi connectivity index (χ4v) is 4.10. The van der Waals surface area contributed by atoms with Crippen LogP contribution in [0.3, 0.4) is 0 Å². The van der Waals surface area contributed by atoms with E-state index in [0.717, 1.165) is 18.3 Å². The monoisotopic (exact) mass is 422 g/mol. The Hall–Kier alpha value is -2.90. The van der Waals surface area contributed by atoms with Crippen LogP contribution in [-0.4, -0.2) is 23.0 Å². The van der Waals surface area contributed by atoms with Gasteiger partial charge >= 0.3 is 6.18 Å². The van der Waals surface area contributed by atoms with Crippen LogP contribution in [0.15, 0.2) is 41.4 Å². The summed E-state index contributed by atoms with van der Waals surface area (Å²) in [6.45, 7) is 3.63. The van der Waals surface area contributed by atoms with Gasteiger partial charge in [-0.05, 0) is 44.2 Å². The molecule has 1 unspecified atom stereocenters. The van der Waals surface area contributed by atoms with Crippen molar-refractivity contribution in [3.05, 3.63) is 53.6 Å². The lowest BCUT2D eigenvalue weighted by atomic mass is 10.2. The summed E-state index contributed by atoms with van der Waals surface area (Å²) in [5.74, 6) is 2.60. The van der Waals surface area contributed by atoms with Gasteiger partial charge in [-0.15, -0.1) is 6.42 Å². The first kappa shape index (κ1) is 20.8. The molecule has 3 rings (SSSR count). The minimum absolute atomic E-state index is 0.0816. The van der Waals surface area contributed by atoms with Crippen LogP contribution in [0, 0.1) is 12.3 Å². The van der Waals surface area contributed by atoms with E-state index in [-0.39, 0.29) is 10.4 Å². The number of aromatic nitrogens is 3. The van der Waals surface area contributed by atoms with Crippen molar-refractivity contribution in [3.63, 3.8) is 0 Å². The number of terminal acetylenes is 1. The number of nitrogens with zero attached hydrogens (tertiary/aromatic N) is 3. The van der Waals surface area contributed by atoms with Gasteiger partial charge in [0.2, 0.25) is 10.0 Å². The smallest absolute Gasteiger partial charge is 0.327 e. The molecule has 2 heterocycles. The van der Waals surface area contributed by atoms with Gasteiger partial charge in [0.25, 0.3) is 0 Å². The molecular weight excluding hydrogens is 405 g/mol. The molecule has 0 aliphatic rings. The molecule has 0 amide bonds. The Bertz CT molecular complexity index is 1190. The molecule has 1 N–H and O–H groups in total. The van der Waals surface area contributed by atoms with Crippen LogP contribution in [0.4, 0.5) is 13.2 Å². The van der Waals surface area contributed by atoms with Crippen LogP contribution >= 0.6 is 0 Å². The molecule has 0 saturated carbocycles. The molecule has 0 aliphatic carbocycles. The number of halogens is 3. The first-order chi connectivity index (χ1) is 13.6. The average Bonchev–Trinajstić information content (AvgIpc) is 3.05. The minimum atomic E-state index is -4.48. The van der Waals surface area contributed by atoms with Crippen LogP contribution in [-0.2, 0) is 22.7 Å². The highest BCUT2D eigenvalue weighted by molar-refractivity contribution is 7.89. The van der Waals surface area contributed by atoms with Gasteiger partial charge in [0.1, 0.15) is 16.4 Å². The van der Waals surface area contributed by atoms with Gasteiger partial charge in [0.15, 0.2) is 0 Å². The van der Waals surface area contributed by atoms with Crippen LogP contribution in [0.25, 0.3) is 11.0 Å². The second-order valence-corrected chi connectivity index (χ2v) is 8.00. The SMILES string of the molecule is C#Cc1ccc(S(=O)(=O)NC(C)c2nc3ccc(C(F)(F)F)cc3n2CC)cn1. The van der Waals surface area contributed by atoms with Crippen molar-refractivity contribution < 1.29 is 21.6 Å².